The second-order valence-electron chi connectivity index (χ2n) is 2.88. The molecule has 0 saturated carbocycles. The van der Waals surface area contributed by atoms with E-state index in [4.69, 9.17) is 4.74 Å². The minimum Gasteiger partial charge on any atom is -0.362 e. The Morgan fingerprint density at radius 3 is 2.38 bits per heavy atom. The zero-order valence-corrected chi connectivity index (χ0v) is 7.41. The lowest BCUT2D eigenvalue weighted by Gasteiger charge is -2.24. The highest BCUT2D eigenvalue weighted by molar-refractivity contribution is 5.98. The Kier molecular flexibility index (Phi) is 3.13. The summed E-state index contributed by atoms with van der Waals surface area (Å²) in [4.78, 5) is 33.9. The number of amides is 2. The van der Waals surface area contributed by atoms with E-state index in [0.29, 0.717) is 0 Å². The highest BCUT2D eigenvalue weighted by Gasteiger charge is 2.26. The standard InChI is InChI=1S/C8H11NO4/c1-6(10)2-3-9-7(11)4-13-5-8(9)12/h2-5H2,1H3. The zero-order valence-electron chi connectivity index (χ0n) is 7.41. The quantitative estimate of drug-likeness (QED) is 0.548. The van der Waals surface area contributed by atoms with E-state index in [1.165, 1.54) is 6.92 Å². The van der Waals surface area contributed by atoms with Crippen LogP contribution >= 0.6 is 0 Å². The van der Waals surface area contributed by atoms with Gasteiger partial charge in [-0.1, -0.05) is 0 Å². The number of Topliss-reactive ketones (excluding diaryl/α,β-unsaturated/α-hetero) is 1. The molecule has 0 aromatic rings. The summed E-state index contributed by atoms with van der Waals surface area (Å²) in [6.45, 7) is 1.47. The second kappa shape index (κ2) is 4.13. The van der Waals surface area contributed by atoms with Gasteiger partial charge in [-0.05, 0) is 6.92 Å². The molecule has 0 unspecified atom stereocenters. The molecule has 1 heterocycles. The molecule has 1 fully saturated rings. The summed E-state index contributed by atoms with van der Waals surface area (Å²) in [6.07, 6.45) is 0.220. The largest absolute Gasteiger partial charge is 0.362 e. The first-order valence-corrected chi connectivity index (χ1v) is 4.01. The Balaban J connectivity index is 2.49. The molecule has 0 radical (unpaired) electrons. The highest BCUT2D eigenvalue weighted by atomic mass is 16.5. The molecule has 1 saturated heterocycles. The van der Waals surface area contributed by atoms with Crippen molar-refractivity contribution >= 4 is 17.6 Å². The van der Waals surface area contributed by atoms with E-state index in [1.54, 1.807) is 0 Å². The lowest BCUT2D eigenvalue weighted by molar-refractivity contribution is -0.158. The molecule has 13 heavy (non-hydrogen) atoms. The topological polar surface area (TPSA) is 63.7 Å². The van der Waals surface area contributed by atoms with Crippen LogP contribution in [0.4, 0.5) is 0 Å². The van der Waals surface area contributed by atoms with E-state index in [-0.39, 0.29) is 43.8 Å². The number of rotatable bonds is 3. The summed E-state index contributed by atoms with van der Waals surface area (Å²) in [6, 6.07) is 0. The maximum atomic E-state index is 11.1. The number of hydrogen-bond acceptors (Lipinski definition) is 4. The highest BCUT2D eigenvalue weighted by Crippen LogP contribution is 2.01. The van der Waals surface area contributed by atoms with Crippen molar-refractivity contribution in [3.8, 4) is 0 Å². The van der Waals surface area contributed by atoms with Crippen molar-refractivity contribution in [3.05, 3.63) is 0 Å². The van der Waals surface area contributed by atoms with Gasteiger partial charge in [-0.2, -0.15) is 0 Å². The van der Waals surface area contributed by atoms with Crippen LogP contribution in [0, 0.1) is 0 Å². The molecule has 5 nitrogen and oxygen atoms in total. The van der Waals surface area contributed by atoms with Crippen LogP contribution < -0.4 is 0 Å². The Morgan fingerprint density at radius 2 is 1.92 bits per heavy atom. The molecule has 1 rings (SSSR count). The maximum Gasteiger partial charge on any atom is 0.255 e. The van der Waals surface area contributed by atoms with Crippen molar-refractivity contribution in [1.29, 1.82) is 0 Å². The van der Waals surface area contributed by atoms with Crippen LogP contribution in [0.3, 0.4) is 0 Å². The lowest BCUT2D eigenvalue weighted by Crippen LogP contribution is -2.46. The Bertz CT molecular complexity index is 233. The van der Waals surface area contributed by atoms with E-state index >= 15 is 0 Å². The molecular weight excluding hydrogens is 174 g/mol. The molecule has 0 bridgehead atoms. The van der Waals surface area contributed by atoms with E-state index in [0.717, 1.165) is 4.90 Å². The van der Waals surface area contributed by atoms with Gasteiger partial charge in [-0.3, -0.25) is 19.3 Å². The van der Waals surface area contributed by atoms with E-state index in [9.17, 15) is 14.4 Å². The number of carbonyl (C=O) groups excluding carboxylic acids is 3. The van der Waals surface area contributed by atoms with Crippen LogP contribution in [0.25, 0.3) is 0 Å². The number of carbonyl (C=O) groups is 3. The van der Waals surface area contributed by atoms with Gasteiger partial charge >= 0.3 is 0 Å². The van der Waals surface area contributed by atoms with Gasteiger partial charge in [-0.25, -0.2) is 0 Å². The van der Waals surface area contributed by atoms with Gasteiger partial charge in [0, 0.05) is 13.0 Å². The van der Waals surface area contributed by atoms with Gasteiger partial charge in [-0.15, -0.1) is 0 Å². The summed E-state index contributed by atoms with van der Waals surface area (Å²) in [7, 11) is 0. The third-order valence-electron chi connectivity index (χ3n) is 1.74. The predicted molar refractivity (Wildman–Crippen MR) is 42.8 cm³/mol. The first kappa shape index (κ1) is 9.85. The monoisotopic (exact) mass is 185 g/mol. The normalized spacial score (nSPS) is 17.8. The van der Waals surface area contributed by atoms with Gasteiger partial charge in [0.2, 0.25) is 0 Å². The first-order chi connectivity index (χ1) is 6.11. The fraction of sp³-hybridized carbons (Fsp3) is 0.625. The number of ether oxygens (including phenoxy) is 1. The Hall–Kier alpha value is -1.23. The van der Waals surface area contributed by atoms with E-state index < -0.39 is 0 Å². The van der Waals surface area contributed by atoms with Crippen LogP contribution in [0.15, 0.2) is 0 Å². The summed E-state index contributed by atoms with van der Waals surface area (Å²) in [5, 5.41) is 0. The van der Waals surface area contributed by atoms with Crippen LogP contribution in [0.1, 0.15) is 13.3 Å². The molecule has 1 aliphatic heterocycles. The van der Waals surface area contributed by atoms with Gasteiger partial charge in [0.25, 0.3) is 11.8 Å². The fourth-order valence-electron chi connectivity index (χ4n) is 1.04. The minimum atomic E-state index is -0.363. The van der Waals surface area contributed by atoms with Gasteiger partial charge < -0.3 is 4.74 Å². The van der Waals surface area contributed by atoms with Crippen molar-refractivity contribution in [2.45, 2.75) is 13.3 Å². The number of hydrogen-bond donors (Lipinski definition) is 0. The smallest absolute Gasteiger partial charge is 0.255 e. The molecule has 5 heteroatoms. The zero-order chi connectivity index (χ0) is 9.84. The number of morpholine rings is 1. The number of ketones is 1. The van der Waals surface area contributed by atoms with Gasteiger partial charge in [0.1, 0.15) is 19.0 Å². The van der Waals surface area contributed by atoms with Crippen molar-refractivity contribution in [3.63, 3.8) is 0 Å². The predicted octanol–water partition coefficient (Wildman–Crippen LogP) is -0.649. The molecule has 0 N–H and O–H groups in total. The molecule has 1 aliphatic rings. The van der Waals surface area contributed by atoms with Crippen molar-refractivity contribution in [1.82, 2.24) is 4.90 Å². The van der Waals surface area contributed by atoms with Crippen LogP contribution in [-0.4, -0.2) is 42.3 Å². The van der Waals surface area contributed by atoms with Crippen molar-refractivity contribution in [2.24, 2.45) is 0 Å². The number of imide groups is 1. The summed E-state index contributed by atoms with van der Waals surface area (Å²) < 4.78 is 4.71. The first-order valence-electron chi connectivity index (χ1n) is 4.01. The van der Waals surface area contributed by atoms with Gasteiger partial charge in [0.15, 0.2) is 0 Å². The summed E-state index contributed by atoms with van der Waals surface area (Å²) in [5.41, 5.74) is 0. The Morgan fingerprint density at radius 1 is 1.38 bits per heavy atom. The lowest BCUT2D eigenvalue weighted by atomic mass is 10.3. The summed E-state index contributed by atoms with van der Waals surface area (Å²) in [5.74, 6) is -0.762. The van der Waals surface area contributed by atoms with Crippen molar-refractivity contribution in [2.75, 3.05) is 19.8 Å². The molecule has 0 aromatic heterocycles. The molecule has 2 amide bonds. The third-order valence-corrected chi connectivity index (χ3v) is 1.74. The molecule has 0 spiro atoms. The van der Waals surface area contributed by atoms with Crippen molar-refractivity contribution < 1.29 is 19.1 Å². The number of nitrogens with zero attached hydrogens (tertiary/aromatic N) is 1. The average Bonchev–Trinajstić information content (AvgIpc) is 2.03. The average molecular weight is 185 g/mol. The van der Waals surface area contributed by atoms with Crippen LogP contribution in [-0.2, 0) is 19.1 Å². The molecular formula is C8H11NO4. The fourth-order valence-corrected chi connectivity index (χ4v) is 1.04. The van der Waals surface area contributed by atoms with Gasteiger partial charge in [0.05, 0.1) is 0 Å². The summed E-state index contributed by atoms with van der Waals surface area (Å²) >= 11 is 0. The third kappa shape index (κ3) is 2.62. The Labute approximate surface area is 75.6 Å². The van der Waals surface area contributed by atoms with Crippen LogP contribution in [0.5, 0.6) is 0 Å². The SMILES string of the molecule is CC(=O)CCN1C(=O)COCC1=O. The molecule has 0 aromatic carbocycles. The van der Waals surface area contributed by atoms with Crippen LogP contribution in [0.2, 0.25) is 0 Å². The minimum absolute atomic E-state index is 0.0351. The van der Waals surface area contributed by atoms with E-state index in [2.05, 4.69) is 0 Å². The second-order valence-corrected chi connectivity index (χ2v) is 2.88. The molecule has 0 aliphatic carbocycles. The van der Waals surface area contributed by atoms with E-state index in [1.807, 2.05) is 0 Å². The molecule has 72 valence electrons. The maximum absolute atomic E-state index is 11.1. The molecule has 0 atom stereocenters.